The molecule has 0 saturated carbocycles. The molecule has 15 heavy (non-hydrogen) atoms. The Kier molecular flexibility index (Phi) is 9.51. The molecule has 0 rings (SSSR count). The summed E-state index contributed by atoms with van der Waals surface area (Å²) in [6, 6.07) is 0. The van der Waals surface area contributed by atoms with Gasteiger partial charge >= 0.3 is 0 Å². The Balaban J connectivity index is 3.72. The average molecular weight is 227 g/mol. The van der Waals surface area contributed by atoms with Crippen LogP contribution in [0.4, 0.5) is 0 Å². The number of thioether (sulfide) groups is 1. The van der Waals surface area contributed by atoms with E-state index in [1.54, 1.807) is 0 Å². The minimum absolute atomic E-state index is 0.0106. The van der Waals surface area contributed by atoms with E-state index < -0.39 is 0 Å². The van der Waals surface area contributed by atoms with Gasteiger partial charge in [0.1, 0.15) is 0 Å². The summed E-state index contributed by atoms with van der Waals surface area (Å²) in [5.41, 5.74) is 0. The van der Waals surface area contributed by atoms with E-state index in [0.717, 1.165) is 30.9 Å². The van der Waals surface area contributed by atoms with Crippen LogP contribution in [-0.4, -0.2) is 24.0 Å². The Morgan fingerprint density at radius 3 is 2.67 bits per heavy atom. The number of nitrogens with one attached hydrogen (secondary N) is 1. The van der Waals surface area contributed by atoms with E-state index in [0.29, 0.717) is 0 Å². The van der Waals surface area contributed by atoms with E-state index in [1.807, 2.05) is 18.7 Å². The fourth-order valence-corrected chi connectivity index (χ4v) is 2.00. The highest BCUT2D eigenvalue weighted by atomic mass is 32.2. The average Bonchev–Trinajstić information content (AvgIpc) is 2.26. The minimum atomic E-state index is -0.249. The first-order valence-electron chi connectivity index (χ1n) is 5.57. The highest BCUT2D eigenvalue weighted by molar-refractivity contribution is 7.99. The fraction of sp³-hybridized carbons (Fsp3) is 0.750. The van der Waals surface area contributed by atoms with Gasteiger partial charge in [-0.05, 0) is 30.8 Å². The van der Waals surface area contributed by atoms with Crippen LogP contribution in [0.15, 0.2) is 0 Å². The van der Waals surface area contributed by atoms with Crippen LogP contribution in [0, 0.1) is 18.3 Å². The Bertz CT molecular complexity index is 210. The monoisotopic (exact) mass is 227 g/mol. The van der Waals surface area contributed by atoms with Crippen molar-refractivity contribution in [1.29, 1.82) is 0 Å². The van der Waals surface area contributed by atoms with Gasteiger partial charge in [0.2, 0.25) is 5.91 Å². The molecule has 0 saturated heterocycles. The van der Waals surface area contributed by atoms with Crippen molar-refractivity contribution < 1.29 is 4.79 Å². The predicted molar refractivity (Wildman–Crippen MR) is 67.9 cm³/mol. The van der Waals surface area contributed by atoms with Crippen molar-refractivity contribution in [2.45, 2.75) is 33.1 Å². The van der Waals surface area contributed by atoms with Gasteiger partial charge in [0, 0.05) is 6.54 Å². The van der Waals surface area contributed by atoms with Gasteiger partial charge in [-0.2, -0.15) is 11.8 Å². The molecule has 0 fully saturated rings. The number of terminal acetylenes is 1. The van der Waals surface area contributed by atoms with Crippen molar-refractivity contribution in [3.05, 3.63) is 0 Å². The van der Waals surface area contributed by atoms with E-state index in [1.165, 1.54) is 6.42 Å². The lowest BCUT2D eigenvalue weighted by Crippen LogP contribution is -2.30. The van der Waals surface area contributed by atoms with Gasteiger partial charge in [-0.3, -0.25) is 4.79 Å². The third-order valence-electron chi connectivity index (χ3n) is 1.97. The molecule has 1 unspecified atom stereocenters. The fourth-order valence-electron chi connectivity index (χ4n) is 1.11. The van der Waals surface area contributed by atoms with Crippen LogP contribution in [0.5, 0.6) is 0 Å². The third-order valence-corrected chi connectivity index (χ3v) is 3.19. The molecular weight excluding hydrogens is 206 g/mol. The summed E-state index contributed by atoms with van der Waals surface area (Å²) in [4.78, 5) is 11.5. The van der Waals surface area contributed by atoms with Crippen LogP contribution in [-0.2, 0) is 4.79 Å². The minimum Gasteiger partial charge on any atom is -0.355 e. The summed E-state index contributed by atoms with van der Waals surface area (Å²) in [7, 11) is 0. The van der Waals surface area contributed by atoms with E-state index in [2.05, 4.69) is 18.2 Å². The van der Waals surface area contributed by atoms with Gasteiger partial charge in [0.15, 0.2) is 0 Å². The first-order chi connectivity index (χ1) is 7.26. The van der Waals surface area contributed by atoms with Crippen molar-refractivity contribution in [2.24, 2.45) is 5.92 Å². The number of carbonyl (C=O) groups excluding carboxylic acids is 1. The van der Waals surface area contributed by atoms with Crippen molar-refractivity contribution >= 4 is 17.7 Å². The van der Waals surface area contributed by atoms with Gasteiger partial charge < -0.3 is 5.32 Å². The summed E-state index contributed by atoms with van der Waals surface area (Å²) in [6.07, 6.45) is 8.25. The summed E-state index contributed by atoms with van der Waals surface area (Å²) in [5, 5.41) is 2.83. The molecule has 0 bridgehead atoms. The number of carbonyl (C=O) groups is 1. The predicted octanol–water partition coefficient (Wildman–Crippen LogP) is 2.30. The lowest BCUT2D eigenvalue weighted by Gasteiger charge is -2.10. The lowest BCUT2D eigenvalue weighted by molar-refractivity contribution is -0.123. The van der Waals surface area contributed by atoms with E-state index in [-0.39, 0.29) is 11.8 Å². The molecule has 0 aliphatic heterocycles. The first kappa shape index (κ1) is 14.4. The summed E-state index contributed by atoms with van der Waals surface area (Å²) in [6.45, 7) is 4.90. The van der Waals surface area contributed by atoms with Crippen LogP contribution in [0.1, 0.15) is 33.1 Å². The number of hydrogen-bond acceptors (Lipinski definition) is 2. The molecule has 0 aromatic rings. The molecule has 0 aromatic carbocycles. The SMILES string of the molecule is C#CC(CCSCCC)C(=O)NCCC. The standard InChI is InChI=1S/C12H21NOS/c1-4-8-13-12(14)11(6-3)7-10-15-9-5-2/h3,11H,4-5,7-10H2,1-2H3,(H,13,14). The Morgan fingerprint density at radius 2 is 2.13 bits per heavy atom. The Morgan fingerprint density at radius 1 is 1.40 bits per heavy atom. The summed E-state index contributed by atoms with van der Waals surface area (Å²) in [5.74, 6) is 4.44. The maximum atomic E-state index is 11.5. The third kappa shape index (κ3) is 7.33. The van der Waals surface area contributed by atoms with Crippen molar-refractivity contribution in [2.75, 3.05) is 18.1 Å². The molecule has 0 heterocycles. The quantitative estimate of drug-likeness (QED) is 0.509. The zero-order valence-corrected chi connectivity index (χ0v) is 10.5. The normalized spacial score (nSPS) is 11.8. The van der Waals surface area contributed by atoms with Crippen molar-refractivity contribution in [1.82, 2.24) is 5.32 Å². The number of amides is 1. The van der Waals surface area contributed by atoms with Gasteiger partial charge in [0.05, 0.1) is 5.92 Å². The molecule has 3 heteroatoms. The molecule has 1 N–H and O–H groups in total. The van der Waals surface area contributed by atoms with Crippen LogP contribution in [0.25, 0.3) is 0 Å². The maximum absolute atomic E-state index is 11.5. The van der Waals surface area contributed by atoms with Crippen LogP contribution < -0.4 is 5.32 Å². The molecule has 0 radical (unpaired) electrons. The summed E-state index contributed by atoms with van der Waals surface area (Å²) < 4.78 is 0. The van der Waals surface area contributed by atoms with Crippen LogP contribution in [0.3, 0.4) is 0 Å². The van der Waals surface area contributed by atoms with Crippen molar-refractivity contribution in [3.8, 4) is 12.3 Å². The zero-order valence-electron chi connectivity index (χ0n) is 9.71. The molecule has 1 atom stereocenters. The Hall–Kier alpha value is -0.620. The van der Waals surface area contributed by atoms with E-state index in [4.69, 9.17) is 6.42 Å². The van der Waals surface area contributed by atoms with Gasteiger partial charge in [-0.25, -0.2) is 0 Å². The smallest absolute Gasteiger partial charge is 0.235 e. The largest absolute Gasteiger partial charge is 0.355 e. The summed E-state index contributed by atoms with van der Waals surface area (Å²) >= 11 is 1.86. The second-order valence-electron chi connectivity index (χ2n) is 3.41. The van der Waals surface area contributed by atoms with Crippen LogP contribution >= 0.6 is 11.8 Å². The first-order valence-corrected chi connectivity index (χ1v) is 6.73. The molecule has 1 amide bonds. The maximum Gasteiger partial charge on any atom is 0.235 e. The lowest BCUT2D eigenvalue weighted by atomic mass is 10.1. The van der Waals surface area contributed by atoms with E-state index >= 15 is 0 Å². The molecule has 0 spiro atoms. The second-order valence-corrected chi connectivity index (χ2v) is 4.64. The second kappa shape index (κ2) is 9.92. The topological polar surface area (TPSA) is 29.1 Å². The highest BCUT2D eigenvalue weighted by Gasteiger charge is 2.13. The molecule has 2 nitrogen and oxygen atoms in total. The van der Waals surface area contributed by atoms with Gasteiger partial charge in [0.25, 0.3) is 0 Å². The molecular formula is C12H21NOS. The Labute approximate surface area is 97.6 Å². The highest BCUT2D eigenvalue weighted by Crippen LogP contribution is 2.10. The van der Waals surface area contributed by atoms with Gasteiger partial charge in [-0.15, -0.1) is 6.42 Å². The zero-order chi connectivity index (χ0) is 11.5. The molecule has 0 aliphatic carbocycles. The number of rotatable bonds is 8. The molecule has 0 aromatic heterocycles. The van der Waals surface area contributed by atoms with Crippen molar-refractivity contribution in [3.63, 3.8) is 0 Å². The molecule has 86 valence electrons. The number of hydrogen-bond donors (Lipinski definition) is 1. The van der Waals surface area contributed by atoms with Gasteiger partial charge in [-0.1, -0.05) is 19.8 Å². The van der Waals surface area contributed by atoms with Crippen LogP contribution in [0.2, 0.25) is 0 Å². The van der Waals surface area contributed by atoms with E-state index in [9.17, 15) is 4.79 Å². The molecule has 0 aliphatic rings.